The van der Waals surface area contributed by atoms with Crippen LogP contribution in [0.4, 0.5) is 0 Å². The number of aryl methyl sites for hydroxylation is 1. The number of hydrogen-bond donors (Lipinski definition) is 1. The van der Waals surface area contributed by atoms with Gasteiger partial charge in [0.05, 0.1) is 16.3 Å². The minimum absolute atomic E-state index is 0.179. The Kier molecular flexibility index (Phi) is 5.33. The molecule has 0 unspecified atom stereocenters. The van der Waals surface area contributed by atoms with Gasteiger partial charge < -0.3 is 4.57 Å². The van der Waals surface area contributed by atoms with Crippen LogP contribution in [0, 0.1) is 0 Å². The van der Waals surface area contributed by atoms with Crippen LogP contribution >= 0.6 is 23.2 Å². The number of nitrogens with zero attached hydrogens (tertiary/aromatic N) is 2. The fourth-order valence-electron chi connectivity index (χ4n) is 3.32. The van der Waals surface area contributed by atoms with Crippen LogP contribution in [0.25, 0.3) is 21.8 Å². The summed E-state index contributed by atoms with van der Waals surface area (Å²) < 4.78 is 2.17. The van der Waals surface area contributed by atoms with Gasteiger partial charge in [-0.1, -0.05) is 65.7 Å². The molecule has 0 aliphatic carbocycles. The molecule has 1 heterocycles. The van der Waals surface area contributed by atoms with Crippen LogP contribution in [0.5, 0.6) is 0 Å². The van der Waals surface area contributed by atoms with E-state index in [1.807, 2.05) is 24.3 Å². The van der Waals surface area contributed by atoms with Crippen molar-refractivity contribution in [3.8, 4) is 0 Å². The fourth-order valence-corrected chi connectivity index (χ4v) is 3.81. The van der Waals surface area contributed by atoms with Gasteiger partial charge in [0, 0.05) is 40.3 Å². The molecule has 0 fully saturated rings. The summed E-state index contributed by atoms with van der Waals surface area (Å²) in [6.45, 7) is 0.558. The number of aromatic nitrogens is 1. The van der Waals surface area contributed by atoms with Crippen molar-refractivity contribution in [2.75, 3.05) is 0 Å². The Morgan fingerprint density at radius 2 is 1.46 bits per heavy atom. The highest BCUT2D eigenvalue weighted by Crippen LogP contribution is 2.28. The van der Waals surface area contributed by atoms with Crippen LogP contribution in [-0.2, 0) is 11.3 Å². The van der Waals surface area contributed by atoms with Gasteiger partial charge >= 0.3 is 0 Å². The van der Waals surface area contributed by atoms with E-state index in [1.54, 1.807) is 18.2 Å². The molecule has 0 saturated heterocycles. The molecule has 0 spiro atoms. The summed E-state index contributed by atoms with van der Waals surface area (Å²) >= 11 is 12.2. The normalized spacial score (nSPS) is 11.5. The van der Waals surface area contributed by atoms with Gasteiger partial charge in [0.2, 0.25) is 5.91 Å². The van der Waals surface area contributed by atoms with E-state index in [0.29, 0.717) is 28.6 Å². The molecule has 140 valence electrons. The number of carbonyl (C=O) groups excluding carboxylic acids is 1. The van der Waals surface area contributed by atoms with E-state index in [0.717, 1.165) is 11.0 Å². The molecule has 1 amide bonds. The number of rotatable bonds is 5. The van der Waals surface area contributed by atoms with Gasteiger partial charge in [0.25, 0.3) is 0 Å². The predicted molar refractivity (Wildman–Crippen MR) is 116 cm³/mol. The highest BCUT2D eigenvalue weighted by atomic mass is 35.5. The van der Waals surface area contributed by atoms with Crippen molar-refractivity contribution in [2.24, 2.45) is 5.10 Å². The van der Waals surface area contributed by atoms with Crippen molar-refractivity contribution in [3.05, 3.63) is 82.3 Å². The molecule has 0 aliphatic heterocycles. The quantitative estimate of drug-likeness (QED) is 0.336. The first-order chi connectivity index (χ1) is 13.6. The number of amides is 1. The summed E-state index contributed by atoms with van der Waals surface area (Å²) in [6.07, 6.45) is 1.76. The van der Waals surface area contributed by atoms with E-state index >= 15 is 0 Å². The lowest BCUT2D eigenvalue weighted by Crippen LogP contribution is -2.19. The van der Waals surface area contributed by atoms with Crippen LogP contribution in [0.3, 0.4) is 0 Å². The zero-order valence-corrected chi connectivity index (χ0v) is 16.4. The molecular formula is C22H17Cl2N3O. The molecule has 4 nitrogen and oxygen atoms in total. The molecule has 0 aliphatic rings. The zero-order chi connectivity index (χ0) is 19.5. The van der Waals surface area contributed by atoms with Crippen molar-refractivity contribution in [2.45, 2.75) is 13.0 Å². The SMILES string of the molecule is O=C(CCn1c2ccccc2c2ccccc21)NN=Cc1c(Cl)cccc1Cl. The average molecular weight is 410 g/mol. The summed E-state index contributed by atoms with van der Waals surface area (Å²) in [5.41, 5.74) is 5.35. The number of hydrogen-bond acceptors (Lipinski definition) is 2. The largest absolute Gasteiger partial charge is 0.340 e. The second kappa shape index (κ2) is 8.05. The lowest BCUT2D eigenvalue weighted by molar-refractivity contribution is -0.121. The lowest BCUT2D eigenvalue weighted by Gasteiger charge is -2.07. The minimum atomic E-state index is -0.179. The number of nitrogens with one attached hydrogen (secondary N) is 1. The van der Waals surface area contributed by atoms with Crippen molar-refractivity contribution in [1.29, 1.82) is 0 Å². The molecule has 1 N–H and O–H groups in total. The van der Waals surface area contributed by atoms with Gasteiger partial charge in [-0.25, -0.2) is 5.43 Å². The maximum atomic E-state index is 12.3. The van der Waals surface area contributed by atoms with Crippen LogP contribution in [0.1, 0.15) is 12.0 Å². The predicted octanol–water partition coefficient (Wildman–Crippen LogP) is 5.64. The monoisotopic (exact) mass is 409 g/mol. The topological polar surface area (TPSA) is 46.4 Å². The second-order valence-electron chi connectivity index (χ2n) is 6.36. The van der Waals surface area contributed by atoms with Crippen LogP contribution < -0.4 is 5.43 Å². The zero-order valence-electron chi connectivity index (χ0n) is 14.9. The molecule has 0 atom stereocenters. The number of halogens is 2. The average Bonchev–Trinajstić information content (AvgIpc) is 3.02. The van der Waals surface area contributed by atoms with Gasteiger partial charge in [-0.2, -0.15) is 5.10 Å². The van der Waals surface area contributed by atoms with Gasteiger partial charge in [-0.05, 0) is 24.3 Å². The minimum Gasteiger partial charge on any atom is -0.340 e. The number of benzene rings is 3. The van der Waals surface area contributed by atoms with Crippen LogP contribution in [0.2, 0.25) is 10.0 Å². The molecular weight excluding hydrogens is 393 g/mol. The molecule has 6 heteroatoms. The summed E-state index contributed by atoms with van der Waals surface area (Å²) in [7, 11) is 0. The first-order valence-corrected chi connectivity index (χ1v) is 9.62. The summed E-state index contributed by atoms with van der Waals surface area (Å²) in [6, 6.07) is 21.6. The van der Waals surface area contributed by atoms with Gasteiger partial charge in [0.15, 0.2) is 0 Å². The summed E-state index contributed by atoms with van der Waals surface area (Å²) in [5, 5.41) is 7.32. The third-order valence-electron chi connectivity index (χ3n) is 4.62. The number of carbonyl (C=O) groups is 1. The van der Waals surface area contributed by atoms with Crippen molar-refractivity contribution in [1.82, 2.24) is 9.99 Å². The number of para-hydroxylation sites is 2. The van der Waals surface area contributed by atoms with E-state index in [2.05, 4.69) is 39.4 Å². The van der Waals surface area contributed by atoms with Crippen LogP contribution in [-0.4, -0.2) is 16.7 Å². The number of hydrazone groups is 1. The summed E-state index contributed by atoms with van der Waals surface area (Å²) in [4.78, 5) is 12.3. The van der Waals surface area contributed by atoms with Gasteiger partial charge in [0.1, 0.15) is 0 Å². The first kappa shape index (κ1) is 18.5. The molecule has 4 aromatic rings. The third-order valence-corrected chi connectivity index (χ3v) is 5.28. The molecule has 0 saturated carbocycles. The highest BCUT2D eigenvalue weighted by molar-refractivity contribution is 6.38. The Morgan fingerprint density at radius 1 is 0.893 bits per heavy atom. The maximum Gasteiger partial charge on any atom is 0.241 e. The van der Waals surface area contributed by atoms with E-state index in [9.17, 15) is 4.79 Å². The maximum absolute atomic E-state index is 12.3. The molecule has 0 bridgehead atoms. The Hall–Kier alpha value is -2.82. The molecule has 0 radical (unpaired) electrons. The van der Waals surface area contributed by atoms with E-state index in [-0.39, 0.29) is 5.91 Å². The van der Waals surface area contributed by atoms with Crippen molar-refractivity contribution < 1.29 is 4.79 Å². The van der Waals surface area contributed by atoms with E-state index in [1.165, 1.54) is 17.0 Å². The Labute approximate surface area is 172 Å². The molecule has 28 heavy (non-hydrogen) atoms. The molecule has 1 aromatic heterocycles. The smallest absolute Gasteiger partial charge is 0.241 e. The lowest BCUT2D eigenvalue weighted by atomic mass is 10.2. The van der Waals surface area contributed by atoms with Crippen molar-refractivity contribution >= 4 is 57.1 Å². The van der Waals surface area contributed by atoms with Gasteiger partial charge in [-0.15, -0.1) is 0 Å². The highest BCUT2D eigenvalue weighted by Gasteiger charge is 2.10. The van der Waals surface area contributed by atoms with E-state index in [4.69, 9.17) is 23.2 Å². The Morgan fingerprint density at radius 3 is 2.07 bits per heavy atom. The van der Waals surface area contributed by atoms with Gasteiger partial charge in [-0.3, -0.25) is 4.79 Å². The number of fused-ring (bicyclic) bond motifs is 3. The Balaban J connectivity index is 1.49. The van der Waals surface area contributed by atoms with E-state index < -0.39 is 0 Å². The first-order valence-electron chi connectivity index (χ1n) is 8.87. The standard InChI is InChI=1S/C22H17Cl2N3O/c23-18-8-5-9-19(24)17(18)14-25-26-22(28)12-13-27-20-10-3-1-6-15(20)16-7-2-4-11-21(16)27/h1-11,14H,12-13H2,(H,26,28). The third kappa shape index (κ3) is 3.61. The summed E-state index contributed by atoms with van der Waals surface area (Å²) in [5.74, 6) is -0.179. The van der Waals surface area contributed by atoms with Crippen LogP contribution in [0.15, 0.2) is 71.8 Å². The molecule has 4 rings (SSSR count). The fraction of sp³-hybridized carbons (Fsp3) is 0.0909. The second-order valence-corrected chi connectivity index (χ2v) is 7.18. The van der Waals surface area contributed by atoms with Crippen molar-refractivity contribution in [3.63, 3.8) is 0 Å². The Bertz CT molecular complexity index is 1120. The molecule has 3 aromatic carbocycles.